The largest absolute Gasteiger partial charge is 0.417 e. The highest BCUT2D eigenvalue weighted by molar-refractivity contribution is 6.35. The minimum absolute atomic E-state index is 0.0268. The van der Waals surface area contributed by atoms with Crippen LogP contribution in [0.1, 0.15) is 21.5 Å². The van der Waals surface area contributed by atoms with Crippen molar-refractivity contribution in [2.45, 2.75) is 13.1 Å². The molecule has 0 aromatic heterocycles. The van der Waals surface area contributed by atoms with E-state index in [0.717, 1.165) is 18.2 Å². The Hall–Kier alpha value is -2.38. The summed E-state index contributed by atoms with van der Waals surface area (Å²) in [6.45, 7) is 1.46. The summed E-state index contributed by atoms with van der Waals surface area (Å²) in [4.78, 5) is 22.5. The van der Waals surface area contributed by atoms with Crippen LogP contribution < -0.4 is 0 Å². The Kier molecular flexibility index (Phi) is 5.73. The predicted octanol–water partition coefficient (Wildman–Crippen LogP) is 6.04. The molecule has 0 aliphatic carbocycles. The van der Waals surface area contributed by atoms with Gasteiger partial charge in [0.1, 0.15) is 0 Å². The van der Waals surface area contributed by atoms with Crippen molar-refractivity contribution in [2.75, 3.05) is 0 Å². The summed E-state index contributed by atoms with van der Waals surface area (Å²) >= 11 is 11.5. The molecule has 0 spiro atoms. The maximum Gasteiger partial charge on any atom is 0.417 e. The van der Waals surface area contributed by atoms with Gasteiger partial charge in [0.05, 0.1) is 10.5 Å². The lowest BCUT2D eigenvalue weighted by molar-refractivity contribution is -0.385. The highest BCUT2D eigenvalue weighted by atomic mass is 35.5. The van der Waals surface area contributed by atoms with E-state index in [1.54, 1.807) is 0 Å². The highest BCUT2D eigenvalue weighted by Crippen LogP contribution is 2.36. The molecule has 0 bridgehead atoms. The van der Waals surface area contributed by atoms with E-state index in [-0.39, 0.29) is 32.4 Å². The van der Waals surface area contributed by atoms with Crippen molar-refractivity contribution in [3.63, 3.8) is 0 Å². The van der Waals surface area contributed by atoms with E-state index in [1.807, 2.05) is 0 Å². The molecule has 2 aromatic carbocycles. The second-order valence-electron chi connectivity index (χ2n) is 5.34. The number of benzene rings is 2. The summed E-state index contributed by atoms with van der Waals surface area (Å²) < 4.78 is 40.2. The normalized spacial score (nSPS) is 12.2. The average molecular weight is 404 g/mol. The van der Waals surface area contributed by atoms with E-state index >= 15 is 0 Å². The SMILES string of the molecule is Cc1ccc(C(=O)/C=C(\c2cc(Cl)cc(Cl)c2)C(F)(F)F)cc1[N+](=O)[O-]. The Morgan fingerprint density at radius 2 is 1.65 bits per heavy atom. The molecule has 136 valence electrons. The van der Waals surface area contributed by atoms with Crippen molar-refractivity contribution in [3.8, 4) is 0 Å². The first kappa shape index (κ1) is 19.9. The van der Waals surface area contributed by atoms with Gasteiger partial charge in [0, 0.05) is 27.2 Å². The smallest absolute Gasteiger partial charge is 0.289 e. The van der Waals surface area contributed by atoms with Crippen molar-refractivity contribution < 1.29 is 22.9 Å². The van der Waals surface area contributed by atoms with Crippen molar-refractivity contribution in [1.82, 2.24) is 0 Å². The fourth-order valence-corrected chi connectivity index (χ4v) is 2.74. The van der Waals surface area contributed by atoms with Crippen LogP contribution in [0.25, 0.3) is 5.57 Å². The average Bonchev–Trinajstić information content (AvgIpc) is 2.50. The number of nitro groups is 1. The first-order valence-corrected chi connectivity index (χ1v) is 7.79. The highest BCUT2D eigenvalue weighted by Gasteiger charge is 2.35. The van der Waals surface area contributed by atoms with Crippen molar-refractivity contribution in [2.24, 2.45) is 0 Å². The summed E-state index contributed by atoms with van der Waals surface area (Å²) in [6.07, 6.45) is -4.49. The summed E-state index contributed by atoms with van der Waals surface area (Å²) in [5.74, 6) is -1.03. The summed E-state index contributed by atoms with van der Waals surface area (Å²) in [7, 11) is 0. The third kappa shape index (κ3) is 4.62. The van der Waals surface area contributed by atoms with Crippen LogP contribution in [0.4, 0.5) is 18.9 Å². The number of allylic oxidation sites excluding steroid dienone is 2. The molecule has 0 unspecified atom stereocenters. The number of nitrogens with zero attached hydrogens (tertiary/aromatic N) is 1. The molecule has 0 atom stereocenters. The Balaban J connectivity index is 2.56. The predicted molar refractivity (Wildman–Crippen MR) is 92.7 cm³/mol. The monoisotopic (exact) mass is 403 g/mol. The molecule has 2 rings (SSSR count). The van der Waals surface area contributed by atoms with Gasteiger partial charge in [-0.05, 0) is 36.8 Å². The molecule has 2 aromatic rings. The standard InChI is InChI=1S/C17H10Cl2F3NO3/c1-9-2-3-10(6-15(9)23(25)26)16(24)8-14(17(20,21)22)11-4-12(18)7-13(19)5-11/h2-8H,1H3/b14-8+. The third-order valence-corrected chi connectivity index (χ3v) is 3.88. The number of ketones is 1. The maximum atomic E-state index is 13.4. The molecule has 0 N–H and O–H groups in total. The van der Waals surface area contributed by atoms with E-state index in [0.29, 0.717) is 6.08 Å². The minimum atomic E-state index is -4.86. The van der Waals surface area contributed by atoms with Crippen LogP contribution in [0.5, 0.6) is 0 Å². The molecule has 0 fully saturated rings. The first-order chi connectivity index (χ1) is 12.0. The van der Waals surface area contributed by atoms with Gasteiger partial charge in [-0.3, -0.25) is 14.9 Å². The quantitative estimate of drug-likeness (QED) is 0.270. The van der Waals surface area contributed by atoms with Gasteiger partial charge < -0.3 is 0 Å². The van der Waals surface area contributed by atoms with E-state index in [9.17, 15) is 28.1 Å². The molecule has 0 heterocycles. The minimum Gasteiger partial charge on any atom is -0.289 e. The fourth-order valence-electron chi connectivity index (χ4n) is 2.21. The van der Waals surface area contributed by atoms with E-state index in [1.165, 1.54) is 25.1 Å². The van der Waals surface area contributed by atoms with E-state index in [2.05, 4.69) is 0 Å². The second-order valence-corrected chi connectivity index (χ2v) is 6.21. The molecular weight excluding hydrogens is 394 g/mol. The third-order valence-electron chi connectivity index (χ3n) is 3.44. The summed E-state index contributed by atoms with van der Waals surface area (Å²) in [6, 6.07) is 6.76. The molecule has 26 heavy (non-hydrogen) atoms. The van der Waals surface area contributed by atoms with Crippen LogP contribution in [0.15, 0.2) is 42.5 Å². The summed E-state index contributed by atoms with van der Waals surface area (Å²) in [5, 5.41) is 10.9. The Morgan fingerprint density at radius 3 is 2.15 bits per heavy atom. The van der Waals surface area contributed by atoms with Crippen molar-refractivity contribution in [1.29, 1.82) is 0 Å². The zero-order valence-corrected chi connectivity index (χ0v) is 14.6. The van der Waals surface area contributed by atoms with Crippen LogP contribution in [-0.4, -0.2) is 16.9 Å². The van der Waals surface area contributed by atoms with Crippen LogP contribution in [0, 0.1) is 17.0 Å². The number of carbonyl (C=O) groups excluding carboxylic acids is 1. The zero-order valence-electron chi connectivity index (χ0n) is 13.1. The Labute approximate surface area is 156 Å². The van der Waals surface area contributed by atoms with Crippen molar-refractivity contribution in [3.05, 3.63) is 79.3 Å². The number of hydrogen-bond donors (Lipinski definition) is 0. The number of alkyl halides is 3. The number of hydrogen-bond acceptors (Lipinski definition) is 3. The topological polar surface area (TPSA) is 60.2 Å². The second kappa shape index (κ2) is 7.47. The molecule has 9 heteroatoms. The lowest BCUT2D eigenvalue weighted by atomic mass is 10.0. The number of nitro benzene ring substituents is 1. The molecule has 0 saturated carbocycles. The van der Waals surface area contributed by atoms with Crippen LogP contribution in [-0.2, 0) is 0 Å². The Bertz CT molecular complexity index is 904. The van der Waals surface area contributed by atoms with Gasteiger partial charge in [0.2, 0.25) is 0 Å². The number of halogens is 5. The van der Waals surface area contributed by atoms with E-state index in [4.69, 9.17) is 23.2 Å². The zero-order chi connectivity index (χ0) is 19.6. The lowest BCUT2D eigenvalue weighted by Gasteiger charge is -2.13. The maximum absolute atomic E-state index is 13.4. The lowest BCUT2D eigenvalue weighted by Crippen LogP contribution is -2.13. The van der Waals surface area contributed by atoms with Gasteiger partial charge >= 0.3 is 6.18 Å². The van der Waals surface area contributed by atoms with Gasteiger partial charge in [0.15, 0.2) is 5.78 Å². The van der Waals surface area contributed by atoms with Gasteiger partial charge in [0.25, 0.3) is 5.69 Å². The molecule has 0 radical (unpaired) electrons. The van der Waals surface area contributed by atoms with Gasteiger partial charge in [-0.25, -0.2) is 0 Å². The molecule has 0 aliphatic rings. The van der Waals surface area contributed by atoms with Crippen molar-refractivity contribution >= 4 is 40.2 Å². The molecule has 0 saturated heterocycles. The van der Waals surface area contributed by atoms with Crippen LogP contribution in [0.3, 0.4) is 0 Å². The van der Waals surface area contributed by atoms with Gasteiger partial charge in [-0.15, -0.1) is 0 Å². The molecule has 4 nitrogen and oxygen atoms in total. The Morgan fingerprint density at radius 1 is 1.08 bits per heavy atom. The summed E-state index contributed by atoms with van der Waals surface area (Å²) in [5.41, 5.74) is -1.95. The van der Waals surface area contributed by atoms with Crippen LogP contribution >= 0.6 is 23.2 Å². The number of rotatable bonds is 4. The molecular formula is C17H10Cl2F3NO3. The van der Waals surface area contributed by atoms with E-state index < -0.39 is 22.5 Å². The number of carbonyl (C=O) groups is 1. The van der Waals surface area contributed by atoms with Gasteiger partial charge in [-0.1, -0.05) is 35.3 Å². The van der Waals surface area contributed by atoms with Gasteiger partial charge in [-0.2, -0.15) is 13.2 Å². The molecule has 0 amide bonds. The van der Waals surface area contributed by atoms with Crippen LogP contribution in [0.2, 0.25) is 10.0 Å². The first-order valence-electron chi connectivity index (χ1n) is 7.04. The number of aryl methyl sites for hydroxylation is 1. The molecule has 0 aliphatic heterocycles. The fraction of sp³-hybridized carbons (Fsp3) is 0.118.